The van der Waals surface area contributed by atoms with Crippen molar-refractivity contribution in [3.63, 3.8) is 0 Å². The van der Waals surface area contributed by atoms with Crippen LogP contribution in [0.25, 0.3) is 22.3 Å². The topological polar surface area (TPSA) is 38.5 Å². The Balaban J connectivity index is 1.53. The van der Waals surface area contributed by atoms with Gasteiger partial charge < -0.3 is 14.1 Å². The summed E-state index contributed by atoms with van der Waals surface area (Å²) in [6.07, 6.45) is 6.03. The molecule has 0 unspecified atom stereocenters. The fourth-order valence-electron chi connectivity index (χ4n) is 3.14. The van der Waals surface area contributed by atoms with Crippen molar-refractivity contribution in [3.8, 4) is 17.1 Å². The number of likely N-dealkylation sites (N-methyl/N-ethyl adjacent to an activating group) is 1. The van der Waals surface area contributed by atoms with Crippen molar-refractivity contribution >= 4 is 11.0 Å². The number of hydrogen-bond donors (Lipinski definition) is 0. The molecule has 0 N–H and O–H groups in total. The van der Waals surface area contributed by atoms with Gasteiger partial charge in [0.15, 0.2) is 0 Å². The molecular formula is C19H20N2O2. The van der Waals surface area contributed by atoms with Crippen molar-refractivity contribution in [1.82, 2.24) is 9.88 Å². The highest BCUT2D eigenvalue weighted by Gasteiger charge is 2.21. The lowest BCUT2D eigenvalue weighted by atomic mass is 10.2. The molecule has 0 amide bonds. The number of para-hydroxylation sites is 1. The number of ether oxygens (including phenoxy) is 1. The lowest BCUT2D eigenvalue weighted by Gasteiger charge is -2.19. The maximum Gasteiger partial charge on any atom is 0.138 e. The Morgan fingerprint density at radius 3 is 3.00 bits per heavy atom. The molecule has 1 aliphatic heterocycles. The minimum absolute atomic E-state index is 0.504. The maximum atomic E-state index is 5.95. The van der Waals surface area contributed by atoms with E-state index < -0.39 is 0 Å². The van der Waals surface area contributed by atoms with Crippen LogP contribution in [0.2, 0.25) is 0 Å². The molecule has 23 heavy (non-hydrogen) atoms. The molecular weight excluding hydrogens is 288 g/mol. The van der Waals surface area contributed by atoms with Crippen LogP contribution >= 0.6 is 0 Å². The highest BCUT2D eigenvalue weighted by atomic mass is 16.5. The number of fused-ring (bicyclic) bond motifs is 1. The molecule has 4 nitrogen and oxygen atoms in total. The van der Waals surface area contributed by atoms with Gasteiger partial charge >= 0.3 is 0 Å². The molecule has 1 aliphatic rings. The van der Waals surface area contributed by atoms with E-state index >= 15 is 0 Å². The van der Waals surface area contributed by atoms with E-state index in [1.807, 2.05) is 42.6 Å². The Bertz CT molecular complexity index is 779. The first kappa shape index (κ1) is 14.3. The van der Waals surface area contributed by atoms with Crippen molar-refractivity contribution in [2.45, 2.75) is 18.9 Å². The van der Waals surface area contributed by atoms with Gasteiger partial charge in [-0.2, -0.15) is 0 Å². The lowest BCUT2D eigenvalue weighted by molar-refractivity contribution is 0.198. The standard InChI is InChI=1S/C19H20N2O2/c1-21-8-4-6-16(21)13-22-17-9-15(11-20-12-17)19-10-14-5-2-3-7-18(14)23-19/h2-3,5,7,9-12,16H,4,6,8,13H2,1H3/t16-/m0/s1. The average molecular weight is 308 g/mol. The van der Waals surface area contributed by atoms with Gasteiger partial charge in [-0.05, 0) is 44.6 Å². The van der Waals surface area contributed by atoms with Crippen LogP contribution in [0.3, 0.4) is 0 Å². The van der Waals surface area contributed by atoms with E-state index in [0.717, 1.165) is 34.6 Å². The first-order valence-electron chi connectivity index (χ1n) is 8.06. The summed E-state index contributed by atoms with van der Waals surface area (Å²) in [4.78, 5) is 6.65. The van der Waals surface area contributed by atoms with Gasteiger partial charge in [-0.1, -0.05) is 18.2 Å². The van der Waals surface area contributed by atoms with E-state index in [4.69, 9.17) is 9.15 Å². The van der Waals surface area contributed by atoms with Crippen LogP contribution in [0.15, 0.2) is 53.2 Å². The largest absolute Gasteiger partial charge is 0.490 e. The molecule has 0 saturated carbocycles. The van der Waals surface area contributed by atoms with Gasteiger partial charge in [0.25, 0.3) is 0 Å². The van der Waals surface area contributed by atoms with E-state index in [0.29, 0.717) is 12.6 Å². The molecule has 4 heteroatoms. The quantitative estimate of drug-likeness (QED) is 0.731. The fraction of sp³-hybridized carbons (Fsp3) is 0.316. The SMILES string of the molecule is CN1CCC[C@H]1COc1cncc(-c2cc3ccccc3o2)c1. The Hall–Kier alpha value is -2.33. The van der Waals surface area contributed by atoms with Crippen LogP contribution < -0.4 is 4.74 Å². The molecule has 0 spiro atoms. The maximum absolute atomic E-state index is 5.95. The van der Waals surface area contributed by atoms with Gasteiger partial charge in [0.2, 0.25) is 0 Å². The highest BCUT2D eigenvalue weighted by Crippen LogP contribution is 2.29. The average Bonchev–Trinajstić information content (AvgIpc) is 3.19. The van der Waals surface area contributed by atoms with E-state index in [9.17, 15) is 0 Å². The first-order valence-corrected chi connectivity index (χ1v) is 8.06. The second-order valence-electron chi connectivity index (χ2n) is 6.15. The second-order valence-corrected chi connectivity index (χ2v) is 6.15. The predicted octanol–water partition coefficient (Wildman–Crippen LogP) is 3.97. The van der Waals surface area contributed by atoms with E-state index in [2.05, 4.69) is 16.9 Å². The zero-order chi connectivity index (χ0) is 15.6. The second kappa shape index (κ2) is 6.05. The van der Waals surface area contributed by atoms with Crippen molar-refractivity contribution < 1.29 is 9.15 Å². The van der Waals surface area contributed by atoms with Crippen LogP contribution in [0.5, 0.6) is 5.75 Å². The third-order valence-corrected chi connectivity index (χ3v) is 4.54. The van der Waals surface area contributed by atoms with Gasteiger partial charge in [0, 0.05) is 23.2 Å². The minimum Gasteiger partial charge on any atom is -0.490 e. The Morgan fingerprint density at radius 2 is 2.17 bits per heavy atom. The molecule has 3 aromatic rings. The van der Waals surface area contributed by atoms with Crippen LogP contribution in [0.1, 0.15) is 12.8 Å². The van der Waals surface area contributed by atoms with Crippen molar-refractivity contribution in [2.75, 3.05) is 20.2 Å². The van der Waals surface area contributed by atoms with E-state index in [1.54, 1.807) is 6.20 Å². The normalized spacial score (nSPS) is 18.6. The molecule has 0 bridgehead atoms. The molecule has 0 aliphatic carbocycles. The highest BCUT2D eigenvalue weighted by molar-refractivity contribution is 5.82. The molecule has 3 heterocycles. The third kappa shape index (κ3) is 2.94. The molecule has 4 rings (SSSR count). The van der Waals surface area contributed by atoms with Crippen LogP contribution in [-0.2, 0) is 0 Å². The lowest BCUT2D eigenvalue weighted by Crippen LogP contribution is -2.30. The van der Waals surface area contributed by atoms with Gasteiger partial charge in [0.05, 0.1) is 6.20 Å². The minimum atomic E-state index is 0.504. The zero-order valence-electron chi connectivity index (χ0n) is 13.2. The van der Waals surface area contributed by atoms with Crippen LogP contribution in [-0.4, -0.2) is 36.1 Å². The zero-order valence-corrected chi connectivity index (χ0v) is 13.2. The summed E-state index contributed by atoms with van der Waals surface area (Å²) in [5.41, 5.74) is 1.83. The molecule has 2 aromatic heterocycles. The Kier molecular flexibility index (Phi) is 3.75. The van der Waals surface area contributed by atoms with Gasteiger partial charge in [-0.15, -0.1) is 0 Å². The summed E-state index contributed by atoms with van der Waals surface area (Å²) in [6, 6.07) is 12.6. The molecule has 1 fully saturated rings. The number of pyridine rings is 1. The number of aromatic nitrogens is 1. The van der Waals surface area contributed by atoms with Gasteiger partial charge in [-0.3, -0.25) is 4.98 Å². The molecule has 1 aromatic carbocycles. The number of likely N-dealkylation sites (tertiary alicyclic amines) is 1. The number of furan rings is 1. The van der Waals surface area contributed by atoms with Crippen LogP contribution in [0, 0.1) is 0 Å². The Labute approximate surface area is 135 Å². The summed E-state index contributed by atoms with van der Waals surface area (Å²) >= 11 is 0. The summed E-state index contributed by atoms with van der Waals surface area (Å²) < 4.78 is 11.9. The van der Waals surface area contributed by atoms with E-state index in [1.165, 1.54) is 12.8 Å². The third-order valence-electron chi connectivity index (χ3n) is 4.54. The predicted molar refractivity (Wildman–Crippen MR) is 90.6 cm³/mol. The molecule has 1 saturated heterocycles. The van der Waals surface area contributed by atoms with Gasteiger partial charge in [-0.25, -0.2) is 0 Å². The monoisotopic (exact) mass is 308 g/mol. The Morgan fingerprint density at radius 1 is 1.26 bits per heavy atom. The molecule has 1 atom stereocenters. The summed E-state index contributed by atoms with van der Waals surface area (Å²) in [6.45, 7) is 1.87. The fourth-order valence-corrected chi connectivity index (χ4v) is 3.14. The summed E-state index contributed by atoms with van der Waals surface area (Å²) in [7, 11) is 2.16. The van der Waals surface area contributed by atoms with Gasteiger partial charge in [0.1, 0.15) is 23.7 Å². The van der Waals surface area contributed by atoms with Crippen LogP contribution in [0.4, 0.5) is 0 Å². The van der Waals surface area contributed by atoms with Crippen molar-refractivity contribution in [1.29, 1.82) is 0 Å². The summed E-state index contributed by atoms with van der Waals surface area (Å²) in [5, 5.41) is 1.10. The first-order chi connectivity index (χ1) is 11.3. The van der Waals surface area contributed by atoms with Crippen molar-refractivity contribution in [2.24, 2.45) is 0 Å². The number of hydrogen-bond acceptors (Lipinski definition) is 4. The summed E-state index contributed by atoms with van der Waals surface area (Å²) in [5.74, 6) is 1.62. The van der Waals surface area contributed by atoms with E-state index in [-0.39, 0.29) is 0 Å². The smallest absolute Gasteiger partial charge is 0.138 e. The van der Waals surface area contributed by atoms with Crippen molar-refractivity contribution in [3.05, 3.63) is 48.8 Å². The molecule has 0 radical (unpaired) electrons. The number of nitrogens with zero attached hydrogens (tertiary/aromatic N) is 2. The molecule has 118 valence electrons. The number of benzene rings is 1. The number of rotatable bonds is 4.